The third-order valence-electron chi connectivity index (χ3n) is 20.6. The molecule has 8 aliphatic rings. The molecule has 0 saturated heterocycles. The number of likely N-dealkylation sites (N-methyl/N-ethyl adjacent to an activating group) is 4. The van der Waals surface area contributed by atoms with Gasteiger partial charge in [0.2, 0.25) is 5.84 Å². The monoisotopic (exact) mass is 2220 g/mol. The van der Waals surface area contributed by atoms with E-state index >= 15 is 0 Å². The molecule has 2 aromatic heterocycles. The Hall–Kier alpha value is -5.64. The van der Waals surface area contributed by atoms with Crippen LogP contribution in [-0.4, -0.2) is 130 Å². The number of pyridine rings is 2. The van der Waals surface area contributed by atoms with Crippen LogP contribution < -0.4 is 111 Å². The number of thiocarbonyl (C=S) groups is 4. The fourth-order valence-electron chi connectivity index (χ4n) is 14.0. The number of nitrogens with two attached hydrogens (primary N) is 1. The smallest absolute Gasteiger partial charge is 0.327 e. The van der Waals surface area contributed by atoms with Gasteiger partial charge in [-0.15, -0.1) is 37.9 Å². The van der Waals surface area contributed by atoms with Crippen LogP contribution in [0.4, 0.5) is 34.4 Å². The second kappa shape index (κ2) is 45.8. The molecule has 8 aliphatic heterocycles. The quantitative estimate of drug-likeness (QED) is 0.0116. The highest BCUT2D eigenvalue weighted by Crippen LogP contribution is 2.48. The van der Waals surface area contributed by atoms with Crippen molar-refractivity contribution in [1.82, 2.24) is 9.80 Å². The van der Waals surface area contributed by atoms with Crippen molar-refractivity contribution in [2.45, 2.75) is 92.7 Å². The number of isothiocyanates is 3. The molecule has 14 rings (SSSR count). The summed E-state index contributed by atoms with van der Waals surface area (Å²) < 4.78 is 5.94. The van der Waals surface area contributed by atoms with Crippen molar-refractivity contribution in [3.8, 4) is 0 Å². The molecule has 0 radical (unpaired) electrons. The summed E-state index contributed by atoms with van der Waals surface area (Å²) >= 11 is 41.4. The maximum Gasteiger partial charge on any atom is 0.327 e. The molecule has 0 spiro atoms. The first kappa shape index (κ1) is 104. The molecule has 10 heterocycles. The van der Waals surface area contributed by atoms with Gasteiger partial charge in [-0.05, 0) is 265 Å². The summed E-state index contributed by atoms with van der Waals surface area (Å²) in [5, 5.41) is 7.04. The summed E-state index contributed by atoms with van der Waals surface area (Å²) in [6.45, 7) is 24.2. The third-order valence-corrected chi connectivity index (χ3v) is 23.0. The van der Waals surface area contributed by atoms with Crippen molar-refractivity contribution >= 4 is 198 Å². The molecular formula is C91H99Cl2I4N14S8+. The largest absolute Gasteiger partial charge is 1.00 e. The Kier molecular flexibility index (Phi) is 40.0. The number of amidine groups is 2. The first-order chi connectivity index (χ1) is 54.3. The number of aromatic nitrogens is 2. The van der Waals surface area contributed by atoms with Crippen LogP contribution in [0, 0.1) is 16.9 Å². The van der Waals surface area contributed by atoms with Crippen molar-refractivity contribution in [1.29, 1.82) is 0 Å². The predicted octanol–water partition coefficient (Wildman–Crippen LogP) is 9.95. The van der Waals surface area contributed by atoms with Crippen molar-refractivity contribution in [2.24, 2.45) is 59.9 Å². The average molecular weight is 2220 g/mol. The van der Waals surface area contributed by atoms with Crippen LogP contribution in [0.2, 0.25) is 0 Å². The van der Waals surface area contributed by atoms with E-state index in [0.717, 1.165) is 124 Å². The zero-order valence-corrected chi connectivity index (χ0v) is 86.5. The number of hydrogen-bond acceptors (Lipinski definition) is 18. The Morgan fingerprint density at radius 3 is 1.36 bits per heavy atom. The number of quaternary nitrogens is 2. The lowest BCUT2D eigenvalue weighted by atomic mass is 9.81. The Bertz CT molecular complexity index is 5370. The van der Waals surface area contributed by atoms with E-state index in [4.69, 9.17) is 61.1 Å². The van der Waals surface area contributed by atoms with E-state index < -0.39 is 0 Å². The molecule has 622 valence electrons. The number of halogens is 6. The van der Waals surface area contributed by atoms with E-state index in [2.05, 4.69) is 363 Å². The Morgan fingerprint density at radius 2 is 0.941 bits per heavy atom. The molecule has 0 fully saturated rings. The highest BCUT2D eigenvalue weighted by molar-refractivity contribution is 8.03. The molecule has 6 aromatic rings. The highest BCUT2D eigenvalue weighted by Gasteiger charge is 2.47. The molecule has 119 heavy (non-hydrogen) atoms. The molecule has 0 unspecified atom stereocenters. The minimum absolute atomic E-state index is 0. The van der Waals surface area contributed by atoms with E-state index in [1.807, 2.05) is 98.2 Å². The number of fused-ring (bicyclic) bond motifs is 4. The van der Waals surface area contributed by atoms with Crippen LogP contribution in [-0.2, 0) is 24.9 Å². The minimum Gasteiger partial charge on any atom is -1.00 e. The van der Waals surface area contributed by atoms with Gasteiger partial charge in [0.25, 0.3) is 0 Å². The number of benzene rings is 4. The van der Waals surface area contributed by atoms with Gasteiger partial charge in [0.05, 0.1) is 121 Å². The first-order valence-corrected chi connectivity index (χ1v) is 41.6. The van der Waals surface area contributed by atoms with Crippen molar-refractivity contribution in [3.05, 3.63) is 285 Å². The molecule has 2 N–H and O–H groups in total. The Balaban J connectivity index is 0.000000303. The summed E-state index contributed by atoms with van der Waals surface area (Å²) in [6, 6.07) is 38.9. The number of thiol groups is 3. The number of rotatable bonds is 11. The lowest BCUT2D eigenvalue weighted by Gasteiger charge is -2.37. The minimum atomic E-state index is -0.181. The predicted molar refractivity (Wildman–Crippen MR) is 507 cm³/mol. The van der Waals surface area contributed by atoms with Crippen LogP contribution in [0.15, 0.2) is 323 Å². The molecule has 28 heteroatoms. The van der Waals surface area contributed by atoms with E-state index in [1.165, 1.54) is 55.0 Å². The lowest BCUT2D eigenvalue weighted by Crippen LogP contribution is -3.00. The zero-order valence-electron chi connectivity index (χ0n) is 69.6. The van der Waals surface area contributed by atoms with Crippen LogP contribution in [0.1, 0.15) is 73.4 Å². The molecule has 0 atom stereocenters. The number of aliphatic imine (C=N–C) groups is 7. The number of aryl methyl sites for hydroxylation is 2. The number of thioether (sulfide) groups is 1. The van der Waals surface area contributed by atoms with E-state index in [9.17, 15) is 0 Å². The van der Waals surface area contributed by atoms with Gasteiger partial charge in [0, 0.05) is 83.8 Å². The zero-order chi connectivity index (χ0) is 84.0. The van der Waals surface area contributed by atoms with Gasteiger partial charge >= 0.3 is 11.6 Å². The average Bonchev–Trinajstić information content (AvgIpc) is 1.63. The standard InChI is InChI=1S/C38H42N6S2.C32H40N5.2C7H5NS2.C6H7NS.CCl2S.4HI/c1-37(2)30-11-9-21-42(5)35(30)40-32(37)19-13-26-23-44(7,8)24-27(34(26)46-29-17-15-28(16-18-29)39-25-45)14-20-33-38(3,4)31-12-10-22-43(6)36(31)41-33;1-22-23(14-16-27-31(2,3)25-12-10-18-35(6)29(25)33-27)20-37(8,9)21-24(22)15-17-28-32(4,5)26-13-11-19-36(7)30(26)34-28;2*9-5-8-6-1-3-7(10)4-2-6;7-5-1-3-6(8)4-2-5;2-1(3)4;;;;/h9-22H,23-24H2,1-8H3;10,12-19H,20-21H2,1-9H3;2*1-4,10H;1-4,8H,7H2;;4*1H/q+2;+3;;;;;;;;/p-4. The van der Waals surface area contributed by atoms with Gasteiger partial charge in [-0.3, -0.25) is 4.90 Å². The molecular weight excluding hydrogens is 2120 g/mol. The number of nitrogen functional groups attached to an aromatic ring is 1. The molecule has 4 aromatic carbocycles. The number of anilines is 1. The van der Waals surface area contributed by atoms with E-state index in [0.29, 0.717) is 0 Å². The van der Waals surface area contributed by atoms with Crippen molar-refractivity contribution in [2.75, 3.05) is 74.2 Å². The maximum absolute atomic E-state index is 5.39. The second-order valence-electron chi connectivity index (χ2n) is 31.8. The molecule has 0 aliphatic carbocycles. The van der Waals surface area contributed by atoms with Gasteiger partial charge in [-0.25, -0.2) is 19.1 Å². The first-order valence-electron chi connectivity index (χ1n) is 37.0. The van der Waals surface area contributed by atoms with Crippen LogP contribution in [0.25, 0.3) is 0 Å². The van der Waals surface area contributed by atoms with Gasteiger partial charge in [-0.2, -0.15) is 15.0 Å². The molecule has 14 nitrogen and oxygen atoms in total. The van der Waals surface area contributed by atoms with Crippen LogP contribution in [0.3, 0.4) is 0 Å². The fraction of sp³-hybridized carbons (Fsp3) is 0.275. The molecule has 0 saturated carbocycles. The fourth-order valence-corrected chi connectivity index (χ4v) is 15.8. The number of nitrogens with zero attached hydrogens (tertiary/aromatic N) is 13. The van der Waals surface area contributed by atoms with Gasteiger partial charge in [-0.1, -0.05) is 79.3 Å². The van der Waals surface area contributed by atoms with Gasteiger partial charge in [0.1, 0.15) is 49.1 Å². The van der Waals surface area contributed by atoms with Crippen LogP contribution >= 0.6 is 122 Å². The molecule has 0 amide bonds. The summed E-state index contributed by atoms with van der Waals surface area (Å²) in [6.07, 6.45) is 35.9. The highest BCUT2D eigenvalue weighted by atomic mass is 127. The number of allylic oxidation sites excluding steroid dienone is 12. The SMILES string of the molecule is CC1=C(/C=C/C2=Nc3c(ccc[n+]3C)C2(C)C)C[N+](C)(C)C/C1=C\C=C1/N=C2C(=C[C+]=CN2C)C1(C)C.CN1C=CC=C2C1=NC(=CC=C1C[N+](C)(C)CC(C=CC3=Nc4c(ccc[n+]4C)C3(C)C)=C1Sc1ccc(N=C=S)cc1)C2(C)C.Nc1ccc(S)cc1.S=C(Cl)Cl.S=C=Nc1ccc(S)cc1.S=C=Nc1ccc(S)cc1.[I-].[I-].[I-].[I-]. The van der Waals surface area contributed by atoms with E-state index in [1.54, 1.807) is 11.8 Å². The number of hydrogen-bond donors (Lipinski definition) is 4. The topological polar surface area (TPSA) is 127 Å². The summed E-state index contributed by atoms with van der Waals surface area (Å²) in [5.41, 5.74) is 24.0. The maximum atomic E-state index is 5.39. The Labute approximate surface area is 824 Å². The van der Waals surface area contributed by atoms with Gasteiger partial charge in [0.15, 0.2) is 27.5 Å². The van der Waals surface area contributed by atoms with Crippen molar-refractivity contribution in [3.63, 3.8) is 0 Å². The van der Waals surface area contributed by atoms with E-state index in [-0.39, 0.29) is 121 Å². The molecule has 0 bridgehead atoms. The summed E-state index contributed by atoms with van der Waals surface area (Å²) in [4.78, 5) is 41.3. The third kappa shape index (κ3) is 27.4. The summed E-state index contributed by atoms with van der Waals surface area (Å²) in [5.74, 6) is 4.14. The second-order valence-corrected chi connectivity index (χ2v) is 36.8. The van der Waals surface area contributed by atoms with Crippen molar-refractivity contribution < 1.29 is 114 Å². The Morgan fingerprint density at radius 1 is 0.546 bits per heavy atom. The summed E-state index contributed by atoms with van der Waals surface area (Å²) in [7, 11) is 17.5. The lowest BCUT2D eigenvalue weighted by molar-refractivity contribution is -0.881. The van der Waals surface area contributed by atoms with Gasteiger partial charge < -0.3 is 116 Å². The normalized spacial score (nSPS) is 18.8. The van der Waals surface area contributed by atoms with Crippen LogP contribution in [0.5, 0.6) is 0 Å².